The molecule has 1 fully saturated rings. The van der Waals surface area contributed by atoms with Gasteiger partial charge < -0.3 is 9.64 Å². The van der Waals surface area contributed by atoms with Gasteiger partial charge in [-0.1, -0.05) is 36.8 Å². The smallest absolute Gasteiger partial charge is 0.198 e. The van der Waals surface area contributed by atoms with Crippen LogP contribution in [0.1, 0.15) is 42.2 Å². The number of hydrogen-bond donors (Lipinski definition) is 1. The molecule has 0 bridgehead atoms. The molecule has 156 valence electrons. The van der Waals surface area contributed by atoms with Crippen LogP contribution in [0, 0.1) is 0 Å². The van der Waals surface area contributed by atoms with Crippen LogP contribution in [0.5, 0.6) is 5.75 Å². The highest BCUT2D eigenvalue weighted by Gasteiger charge is 2.33. The molecule has 0 amide bonds. The predicted octanol–water partition coefficient (Wildman–Crippen LogP) is 3.56. The fraction of sp³-hybridized carbons (Fsp3) is 0.478. The molecule has 2 aromatic rings. The summed E-state index contributed by atoms with van der Waals surface area (Å²) in [7, 11) is -3.51. The lowest BCUT2D eigenvalue weighted by Crippen LogP contribution is -2.35. The molecule has 0 aliphatic carbocycles. The van der Waals surface area contributed by atoms with Gasteiger partial charge in [0.05, 0.1) is 11.5 Å². The first kappa shape index (κ1) is 20.4. The van der Waals surface area contributed by atoms with E-state index in [2.05, 4.69) is 10.2 Å². The van der Waals surface area contributed by atoms with Gasteiger partial charge in [-0.25, -0.2) is 8.42 Å². The van der Waals surface area contributed by atoms with Crippen LogP contribution in [0.25, 0.3) is 0 Å². The van der Waals surface area contributed by atoms with Crippen molar-refractivity contribution in [3.05, 3.63) is 59.7 Å². The van der Waals surface area contributed by atoms with Gasteiger partial charge in [-0.3, -0.25) is 5.32 Å². The molecule has 0 radical (unpaired) electrons. The molecule has 5 nitrogen and oxygen atoms in total. The van der Waals surface area contributed by atoms with Crippen molar-refractivity contribution in [3.8, 4) is 5.75 Å². The summed E-state index contributed by atoms with van der Waals surface area (Å²) >= 11 is 0. The molecule has 2 heterocycles. The van der Waals surface area contributed by atoms with Gasteiger partial charge in [-0.15, -0.1) is 0 Å². The van der Waals surface area contributed by atoms with Crippen LogP contribution in [-0.2, 0) is 16.3 Å². The second kappa shape index (κ2) is 9.28. The minimum Gasteiger partial charge on any atom is -0.493 e. The molecule has 29 heavy (non-hydrogen) atoms. The van der Waals surface area contributed by atoms with Gasteiger partial charge in [0, 0.05) is 18.7 Å². The molecule has 2 aliphatic heterocycles. The van der Waals surface area contributed by atoms with Crippen LogP contribution in [0.4, 0.5) is 0 Å². The van der Waals surface area contributed by atoms with Crippen molar-refractivity contribution in [3.63, 3.8) is 0 Å². The van der Waals surface area contributed by atoms with Crippen molar-refractivity contribution in [2.75, 3.05) is 32.8 Å². The van der Waals surface area contributed by atoms with Gasteiger partial charge in [0.15, 0.2) is 9.84 Å². The third kappa shape index (κ3) is 4.65. The molecule has 0 saturated carbocycles. The average Bonchev–Trinajstić information content (AvgIpc) is 2.77. The van der Waals surface area contributed by atoms with Crippen LogP contribution in [0.3, 0.4) is 0 Å². The summed E-state index contributed by atoms with van der Waals surface area (Å²) in [4.78, 5) is 2.86. The van der Waals surface area contributed by atoms with Crippen molar-refractivity contribution in [2.45, 2.75) is 42.4 Å². The first-order valence-corrected chi connectivity index (χ1v) is 12.2. The largest absolute Gasteiger partial charge is 0.493 e. The molecule has 2 aromatic carbocycles. The van der Waals surface area contributed by atoms with E-state index in [0.29, 0.717) is 18.0 Å². The second-order valence-electron chi connectivity index (χ2n) is 7.87. The SMILES string of the molecule is O=S(=O)(c1ccccc1)C1NCCc2c(OCCCN3CCCCC3)cccc21. The lowest BCUT2D eigenvalue weighted by molar-refractivity contribution is 0.204. The minimum atomic E-state index is -3.51. The van der Waals surface area contributed by atoms with Gasteiger partial charge in [0.1, 0.15) is 11.1 Å². The maximum atomic E-state index is 13.2. The maximum absolute atomic E-state index is 13.2. The third-order valence-corrected chi connectivity index (χ3v) is 7.83. The average molecular weight is 415 g/mol. The number of likely N-dealkylation sites (tertiary alicyclic amines) is 1. The van der Waals surface area contributed by atoms with E-state index in [1.165, 1.54) is 32.4 Å². The summed E-state index contributed by atoms with van der Waals surface area (Å²) in [5.41, 5.74) is 1.84. The number of benzene rings is 2. The number of ether oxygens (including phenoxy) is 1. The molecule has 0 spiro atoms. The van der Waals surface area contributed by atoms with E-state index in [1.807, 2.05) is 24.3 Å². The number of rotatable bonds is 7. The van der Waals surface area contributed by atoms with E-state index in [9.17, 15) is 8.42 Å². The number of nitrogens with one attached hydrogen (secondary N) is 1. The molecule has 4 rings (SSSR count). The maximum Gasteiger partial charge on any atom is 0.198 e. The Morgan fingerprint density at radius 2 is 1.79 bits per heavy atom. The Kier molecular flexibility index (Phi) is 6.53. The second-order valence-corrected chi connectivity index (χ2v) is 9.90. The summed E-state index contributed by atoms with van der Waals surface area (Å²) in [6.07, 6.45) is 5.73. The van der Waals surface area contributed by atoms with Gasteiger partial charge >= 0.3 is 0 Å². The van der Waals surface area contributed by atoms with Gasteiger partial charge in [0.2, 0.25) is 0 Å². The number of piperidine rings is 1. The zero-order valence-corrected chi connectivity index (χ0v) is 17.7. The molecule has 0 aromatic heterocycles. The first-order chi connectivity index (χ1) is 14.2. The van der Waals surface area contributed by atoms with Crippen molar-refractivity contribution in [1.29, 1.82) is 0 Å². The quantitative estimate of drug-likeness (QED) is 0.702. The summed E-state index contributed by atoms with van der Waals surface area (Å²) in [5.74, 6) is 0.830. The van der Waals surface area contributed by atoms with E-state index < -0.39 is 15.2 Å². The Hall–Kier alpha value is -1.89. The summed E-state index contributed by atoms with van der Waals surface area (Å²) in [6, 6.07) is 14.5. The molecule has 6 heteroatoms. The Morgan fingerprint density at radius 1 is 1.00 bits per heavy atom. The molecule has 1 N–H and O–H groups in total. The Balaban J connectivity index is 1.46. The monoisotopic (exact) mass is 414 g/mol. The highest BCUT2D eigenvalue weighted by atomic mass is 32.2. The van der Waals surface area contributed by atoms with E-state index in [4.69, 9.17) is 4.74 Å². The van der Waals surface area contributed by atoms with E-state index >= 15 is 0 Å². The number of fused-ring (bicyclic) bond motifs is 1. The van der Waals surface area contributed by atoms with E-state index in [0.717, 1.165) is 36.3 Å². The number of sulfone groups is 1. The summed E-state index contributed by atoms with van der Waals surface area (Å²) in [5, 5.41) is 2.47. The lowest BCUT2D eigenvalue weighted by Gasteiger charge is -2.29. The molecule has 2 aliphatic rings. The Labute approximate surface area is 174 Å². The molecule has 1 unspecified atom stereocenters. The lowest BCUT2D eigenvalue weighted by atomic mass is 10.00. The van der Waals surface area contributed by atoms with Gasteiger partial charge in [0.25, 0.3) is 0 Å². The highest BCUT2D eigenvalue weighted by molar-refractivity contribution is 7.91. The summed E-state index contributed by atoms with van der Waals surface area (Å²) in [6.45, 7) is 4.76. The van der Waals surface area contributed by atoms with Crippen LogP contribution in [0.15, 0.2) is 53.4 Å². The van der Waals surface area contributed by atoms with Crippen molar-refractivity contribution >= 4 is 9.84 Å². The summed E-state index contributed by atoms with van der Waals surface area (Å²) < 4.78 is 32.5. The van der Waals surface area contributed by atoms with Crippen molar-refractivity contribution < 1.29 is 13.2 Å². The fourth-order valence-corrected chi connectivity index (χ4v) is 6.05. The zero-order chi connectivity index (χ0) is 20.1. The van der Waals surface area contributed by atoms with Crippen LogP contribution in [-0.4, -0.2) is 46.1 Å². The van der Waals surface area contributed by atoms with Crippen LogP contribution in [0.2, 0.25) is 0 Å². The fourth-order valence-electron chi connectivity index (χ4n) is 4.35. The normalized spacial score (nSPS) is 20.2. The number of hydrogen-bond acceptors (Lipinski definition) is 5. The van der Waals surface area contributed by atoms with Crippen molar-refractivity contribution in [2.24, 2.45) is 0 Å². The van der Waals surface area contributed by atoms with Crippen LogP contribution < -0.4 is 10.1 Å². The molecule has 1 atom stereocenters. The third-order valence-electron chi connectivity index (χ3n) is 5.86. The first-order valence-electron chi connectivity index (χ1n) is 10.7. The Morgan fingerprint density at radius 3 is 2.59 bits per heavy atom. The van der Waals surface area contributed by atoms with Gasteiger partial charge in [-0.05, 0) is 62.5 Å². The van der Waals surface area contributed by atoms with Crippen molar-refractivity contribution in [1.82, 2.24) is 10.2 Å². The molecule has 1 saturated heterocycles. The van der Waals surface area contributed by atoms with E-state index in [-0.39, 0.29) is 0 Å². The number of nitrogens with zero attached hydrogens (tertiary/aromatic N) is 1. The molecular weight excluding hydrogens is 384 g/mol. The topological polar surface area (TPSA) is 58.6 Å². The zero-order valence-electron chi connectivity index (χ0n) is 16.8. The Bertz CT molecular complexity index is 909. The highest BCUT2D eigenvalue weighted by Crippen LogP contribution is 2.35. The predicted molar refractivity (Wildman–Crippen MR) is 115 cm³/mol. The van der Waals surface area contributed by atoms with Crippen LogP contribution >= 0.6 is 0 Å². The van der Waals surface area contributed by atoms with Gasteiger partial charge in [-0.2, -0.15) is 0 Å². The standard InChI is InChI=1S/C23H30N2O3S/c26-29(27,19-9-3-1-4-10-19)23-21-11-7-12-22(20(21)13-14-24-23)28-18-8-17-25-15-5-2-6-16-25/h1,3-4,7,9-12,23-24H,2,5-6,8,13-18H2. The minimum absolute atomic E-state index is 0.346. The van der Waals surface area contributed by atoms with E-state index in [1.54, 1.807) is 24.3 Å². The molecular formula is C23H30N2O3S.